The number of ketones is 2. The van der Waals surface area contributed by atoms with E-state index >= 15 is 0 Å². The molecule has 0 bridgehead atoms. The largest absolute Gasteiger partial charge is 0.358 e. The van der Waals surface area contributed by atoms with Crippen molar-refractivity contribution in [2.45, 2.75) is 19.3 Å². The molecule has 0 aromatic heterocycles. The van der Waals surface area contributed by atoms with Gasteiger partial charge in [-0.2, -0.15) is 0 Å². The number of carbonyl (C=O) groups excluding carboxylic acids is 2. The fourth-order valence-corrected chi connectivity index (χ4v) is 4.13. The van der Waals surface area contributed by atoms with E-state index in [2.05, 4.69) is 5.32 Å². The summed E-state index contributed by atoms with van der Waals surface area (Å²) in [7, 11) is 0. The van der Waals surface area contributed by atoms with Crippen LogP contribution < -0.4 is 5.32 Å². The lowest BCUT2D eigenvalue weighted by Crippen LogP contribution is -2.20. The molecule has 164 valence electrons. The van der Waals surface area contributed by atoms with Crippen LogP contribution in [0.25, 0.3) is 5.57 Å². The van der Waals surface area contributed by atoms with Crippen LogP contribution in [0.2, 0.25) is 0 Å². The summed E-state index contributed by atoms with van der Waals surface area (Å²) in [5, 5.41) is 3.71. The third-order valence-corrected chi connectivity index (χ3v) is 5.35. The lowest BCUT2D eigenvalue weighted by Gasteiger charge is -2.22. The first-order chi connectivity index (χ1) is 15.6. The molecule has 3 nitrogen and oxygen atoms in total. The molecule has 3 aromatic carbocycles. The average Bonchev–Trinajstić information content (AvgIpc) is 3.06. The molecule has 1 aliphatic rings. The number of halogens is 2. The van der Waals surface area contributed by atoms with E-state index in [-0.39, 0.29) is 29.2 Å². The number of carbonyl (C=O) groups is 2. The Morgan fingerprint density at radius 1 is 0.844 bits per heavy atom. The number of hydrogen-bond acceptors (Lipinski definition) is 3. The highest BCUT2D eigenvalue weighted by Gasteiger charge is 2.43. The third kappa shape index (κ3) is 5.67. The van der Waals surface area contributed by atoms with Gasteiger partial charge in [-0.1, -0.05) is 78.9 Å². The summed E-state index contributed by atoms with van der Waals surface area (Å²) >= 11 is 9.53. The summed E-state index contributed by atoms with van der Waals surface area (Å²) in [4.78, 5) is 25.6. The van der Waals surface area contributed by atoms with E-state index in [1.165, 1.54) is 0 Å². The fraction of sp³-hybridized carbons (Fsp3) is 0.185. The molecule has 0 spiro atoms. The zero-order valence-electron chi connectivity index (χ0n) is 17.8. The minimum absolute atomic E-state index is 0.0256. The lowest BCUT2D eigenvalue weighted by molar-refractivity contribution is -0.123. The molecule has 0 aliphatic heterocycles. The Morgan fingerprint density at radius 3 is 1.88 bits per heavy atom. The van der Waals surface area contributed by atoms with Crippen molar-refractivity contribution in [1.29, 1.82) is 0 Å². The Balaban J connectivity index is 0.000000913. The summed E-state index contributed by atoms with van der Waals surface area (Å²) in [5.41, 5.74) is 4.38. The number of allylic oxidation sites excluding steroid dienone is 2. The van der Waals surface area contributed by atoms with E-state index in [1.807, 2.05) is 91.0 Å². The van der Waals surface area contributed by atoms with Crippen molar-refractivity contribution in [3.63, 3.8) is 0 Å². The van der Waals surface area contributed by atoms with Crippen LogP contribution in [0.5, 0.6) is 0 Å². The van der Waals surface area contributed by atoms with Crippen LogP contribution in [-0.2, 0) is 9.59 Å². The second-order valence-corrected chi connectivity index (χ2v) is 8.32. The van der Waals surface area contributed by atoms with Gasteiger partial charge in [-0.25, -0.2) is 0 Å². The zero-order chi connectivity index (χ0) is 22.9. The van der Waals surface area contributed by atoms with Gasteiger partial charge in [0.2, 0.25) is 0 Å². The highest BCUT2D eigenvalue weighted by atomic mass is 35.5. The van der Waals surface area contributed by atoms with Crippen molar-refractivity contribution in [1.82, 2.24) is 0 Å². The highest BCUT2D eigenvalue weighted by Crippen LogP contribution is 2.47. The molecule has 2 atom stereocenters. The first-order valence-corrected chi connectivity index (χ1v) is 11.5. The highest BCUT2D eigenvalue weighted by molar-refractivity contribution is 6.40. The van der Waals surface area contributed by atoms with Crippen molar-refractivity contribution in [2.75, 3.05) is 10.7 Å². The number of rotatable bonds is 6. The molecule has 32 heavy (non-hydrogen) atoms. The molecule has 5 heteroatoms. The van der Waals surface area contributed by atoms with E-state index in [1.54, 1.807) is 6.92 Å². The number of benzene rings is 3. The summed E-state index contributed by atoms with van der Waals surface area (Å²) < 4.78 is 0. The predicted octanol–water partition coefficient (Wildman–Crippen LogP) is 6.89. The van der Waals surface area contributed by atoms with Gasteiger partial charge < -0.3 is 10.1 Å². The van der Waals surface area contributed by atoms with Gasteiger partial charge >= 0.3 is 0 Å². The first-order valence-electron chi connectivity index (χ1n) is 10.4. The molecular weight excluding hydrogens is 441 g/mol. The van der Waals surface area contributed by atoms with Gasteiger partial charge in [-0.15, -0.1) is 23.2 Å². The van der Waals surface area contributed by atoms with Crippen LogP contribution in [0.15, 0.2) is 96.7 Å². The Hall–Kier alpha value is -2.88. The summed E-state index contributed by atoms with van der Waals surface area (Å²) in [6.07, 6.45) is 0.231. The van der Waals surface area contributed by atoms with Gasteiger partial charge in [0.1, 0.15) is 5.78 Å². The number of hydrogen-bond donors (Lipinski definition) is 1. The number of para-hydroxylation sites is 1. The molecule has 0 heterocycles. The SMILES string of the molecule is CC(=O)C[C@H]1C(=O)C(c2ccccc2)=C(Nc2ccccc2)[C@H]1c1ccccc1.ClCCl. The van der Waals surface area contributed by atoms with Crippen LogP contribution in [0.1, 0.15) is 30.4 Å². The predicted molar refractivity (Wildman–Crippen MR) is 133 cm³/mol. The number of alkyl halides is 2. The zero-order valence-corrected chi connectivity index (χ0v) is 19.3. The van der Waals surface area contributed by atoms with Crippen LogP contribution >= 0.6 is 23.2 Å². The quantitative estimate of drug-likeness (QED) is 0.402. The molecule has 1 N–H and O–H groups in total. The second kappa shape index (κ2) is 11.7. The molecule has 4 rings (SSSR count). The van der Waals surface area contributed by atoms with Crippen LogP contribution in [0.4, 0.5) is 5.69 Å². The maximum Gasteiger partial charge on any atom is 0.169 e. The molecule has 0 fully saturated rings. The standard InChI is InChI=1S/C26H23NO2.CH2Cl2/c1-18(28)17-22-23(19-11-5-2-6-12-19)25(27-21-15-9-4-10-16-21)24(26(22)29)20-13-7-3-8-14-20;2-1-3/h2-16,22-23,27H,17H2,1H3;1H2/t22-,23+;/m1./s1. The molecule has 0 saturated carbocycles. The Kier molecular flexibility index (Phi) is 8.66. The van der Waals surface area contributed by atoms with E-state index in [0.717, 1.165) is 22.5 Å². The van der Waals surface area contributed by atoms with Crippen molar-refractivity contribution in [3.8, 4) is 0 Å². The molecule has 1 aliphatic carbocycles. The number of Topliss-reactive ketones (excluding diaryl/α,β-unsaturated/α-hetero) is 2. The van der Waals surface area contributed by atoms with Crippen LogP contribution in [-0.4, -0.2) is 16.9 Å². The Morgan fingerprint density at radius 2 is 1.34 bits per heavy atom. The molecule has 0 saturated heterocycles. The maximum atomic E-state index is 13.6. The molecule has 0 unspecified atom stereocenters. The van der Waals surface area contributed by atoms with Gasteiger partial charge in [0.15, 0.2) is 5.78 Å². The average molecular weight is 466 g/mol. The summed E-state index contributed by atoms with van der Waals surface area (Å²) in [6, 6.07) is 29.6. The molecular formula is C27H25Cl2NO2. The summed E-state index contributed by atoms with van der Waals surface area (Å²) in [5.74, 6) is -0.546. The Labute approximate surface area is 199 Å². The lowest BCUT2D eigenvalue weighted by atomic mass is 9.83. The van der Waals surface area contributed by atoms with Gasteiger partial charge in [-0.05, 0) is 30.2 Å². The smallest absolute Gasteiger partial charge is 0.169 e. The van der Waals surface area contributed by atoms with E-state index in [9.17, 15) is 9.59 Å². The topological polar surface area (TPSA) is 46.2 Å². The second-order valence-electron chi connectivity index (χ2n) is 7.51. The molecule has 0 radical (unpaired) electrons. The third-order valence-electron chi connectivity index (χ3n) is 5.35. The van der Waals surface area contributed by atoms with Crippen molar-refractivity contribution in [2.24, 2.45) is 5.92 Å². The van der Waals surface area contributed by atoms with E-state index in [4.69, 9.17) is 23.2 Å². The number of anilines is 1. The van der Waals surface area contributed by atoms with Gasteiger partial charge in [0.25, 0.3) is 0 Å². The van der Waals surface area contributed by atoms with E-state index < -0.39 is 5.92 Å². The van der Waals surface area contributed by atoms with Gasteiger partial charge in [0, 0.05) is 35.2 Å². The van der Waals surface area contributed by atoms with Crippen molar-refractivity contribution < 1.29 is 9.59 Å². The minimum Gasteiger partial charge on any atom is -0.358 e. The molecule has 3 aromatic rings. The van der Waals surface area contributed by atoms with Gasteiger partial charge in [-0.3, -0.25) is 4.79 Å². The number of nitrogens with one attached hydrogen (secondary N) is 1. The minimum atomic E-state index is -0.406. The monoisotopic (exact) mass is 465 g/mol. The fourth-order valence-electron chi connectivity index (χ4n) is 4.13. The first kappa shape index (κ1) is 23.8. The van der Waals surface area contributed by atoms with Crippen molar-refractivity contribution in [3.05, 3.63) is 108 Å². The molecule has 0 amide bonds. The maximum absolute atomic E-state index is 13.6. The van der Waals surface area contributed by atoms with Crippen molar-refractivity contribution >= 4 is 46.0 Å². The van der Waals surface area contributed by atoms with E-state index in [0.29, 0.717) is 5.57 Å². The summed E-state index contributed by atoms with van der Waals surface area (Å²) in [6.45, 7) is 1.56. The van der Waals surface area contributed by atoms with Gasteiger partial charge in [0.05, 0.1) is 5.34 Å². The normalized spacial score (nSPS) is 17.5. The Bertz CT molecular complexity index is 1070. The van der Waals surface area contributed by atoms with Crippen LogP contribution in [0.3, 0.4) is 0 Å². The van der Waals surface area contributed by atoms with Crippen LogP contribution in [0, 0.1) is 5.92 Å².